The van der Waals surface area contributed by atoms with Crippen LogP contribution in [0.4, 0.5) is 5.69 Å². The van der Waals surface area contributed by atoms with E-state index in [1.807, 2.05) is 19.1 Å². The van der Waals surface area contributed by atoms with Crippen molar-refractivity contribution in [2.45, 2.75) is 31.9 Å². The highest BCUT2D eigenvalue weighted by atomic mass is 35.5. The lowest BCUT2D eigenvalue weighted by atomic mass is 10.2. The van der Waals surface area contributed by atoms with Crippen LogP contribution in [0, 0.1) is 0 Å². The van der Waals surface area contributed by atoms with Crippen LogP contribution in [0.3, 0.4) is 0 Å². The van der Waals surface area contributed by atoms with E-state index in [9.17, 15) is 4.79 Å². The molecule has 2 heterocycles. The number of piperazine rings is 1. The van der Waals surface area contributed by atoms with Gasteiger partial charge in [0.05, 0.1) is 12.1 Å². The summed E-state index contributed by atoms with van der Waals surface area (Å²) >= 11 is 5.95. The lowest BCUT2D eigenvalue weighted by Gasteiger charge is -2.38. The Hall–Kier alpha value is -1.30. The van der Waals surface area contributed by atoms with Crippen molar-refractivity contribution in [3.05, 3.63) is 29.3 Å². The number of anilines is 1. The summed E-state index contributed by atoms with van der Waals surface area (Å²) in [5.41, 5.74) is 1.19. The molecule has 5 nitrogen and oxygen atoms in total. The van der Waals surface area contributed by atoms with Crippen molar-refractivity contribution < 1.29 is 9.53 Å². The van der Waals surface area contributed by atoms with Gasteiger partial charge in [0.15, 0.2) is 0 Å². The van der Waals surface area contributed by atoms with Crippen molar-refractivity contribution in [3.63, 3.8) is 0 Å². The van der Waals surface area contributed by atoms with Gasteiger partial charge in [0.25, 0.3) is 0 Å². The Morgan fingerprint density at radius 2 is 2.00 bits per heavy atom. The van der Waals surface area contributed by atoms with Crippen LogP contribution in [0.2, 0.25) is 5.02 Å². The molecule has 1 aromatic carbocycles. The lowest BCUT2D eigenvalue weighted by Crippen LogP contribution is -2.54. The van der Waals surface area contributed by atoms with Crippen LogP contribution in [0.5, 0.6) is 0 Å². The number of hydrogen-bond donors (Lipinski definition) is 1. The number of halogens is 1. The second-order valence-corrected chi connectivity index (χ2v) is 6.99. The molecule has 0 aliphatic carbocycles. The number of hydrogen-bond acceptors (Lipinski definition) is 4. The topological polar surface area (TPSA) is 44.8 Å². The quantitative estimate of drug-likeness (QED) is 0.882. The maximum atomic E-state index is 12.4. The van der Waals surface area contributed by atoms with Crippen molar-refractivity contribution in [1.82, 2.24) is 10.2 Å². The molecule has 24 heavy (non-hydrogen) atoms. The van der Waals surface area contributed by atoms with E-state index in [2.05, 4.69) is 27.2 Å². The van der Waals surface area contributed by atoms with E-state index in [4.69, 9.17) is 16.3 Å². The van der Waals surface area contributed by atoms with Gasteiger partial charge in [-0.3, -0.25) is 9.69 Å². The summed E-state index contributed by atoms with van der Waals surface area (Å²) < 4.78 is 5.56. The fourth-order valence-electron chi connectivity index (χ4n) is 3.35. The normalized spacial score (nSPS) is 23.2. The van der Waals surface area contributed by atoms with E-state index in [0.717, 1.165) is 50.7 Å². The Kier molecular flexibility index (Phi) is 5.98. The first-order valence-electron chi connectivity index (χ1n) is 8.77. The summed E-state index contributed by atoms with van der Waals surface area (Å²) in [4.78, 5) is 16.9. The predicted octanol–water partition coefficient (Wildman–Crippen LogP) is 2.15. The second kappa shape index (κ2) is 8.19. The van der Waals surface area contributed by atoms with E-state index in [1.54, 1.807) is 0 Å². The molecule has 0 unspecified atom stereocenters. The number of amides is 1. The Bertz CT molecular complexity index is 538. The molecule has 2 aliphatic rings. The molecule has 2 fully saturated rings. The zero-order valence-electron chi connectivity index (χ0n) is 14.2. The number of rotatable bonds is 5. The molecular weight excluding hydrogens is 326 g/mol. The SMILES string of the molecule is C[C@@H](C(=O)NC[C@@H]1CCCO1)N1CCN(c2ccc(Cl)cc2)CC1. The van der Waals surface area contributed by atoms with Crippen molar-refractivity contribution in [2.75, 3.05) is 44.2 Å². The number of carbonyl (C=O) groups is 1. The standard InChI is InChI=1S/C18H26ClN3O2/c1-14(18(23)20-13-17-3-2-12-24-17)21-8-10-22(11-9-21)16-6-4-15(19)5-7-16/h4-7,14,17H,2-3,8-13H2,1H3,(H,20,23)/t14-,17-/m0/s1. The fourth-order valence-corrected chi connectivity index (χ4v) is 3.48. The molecule has 2 atom stereocenters. The summed E-state index contributed by atoms with van der Waals surface area (Å²) in [6.45, 7) is 7.06. The minimum absolute atomic E-state index is 0.0984. The Morgan fingerprint density at radius 1 is 1.29 bits per heavy atom. The lowest BCUT2D eigenvalue weighted by molar-refractivity contribution is -0.126. The van der Waals surface area contributed by atoms with E-state index < -0.39 is 0 Å². The summed E-state index contributed by atoms with van der Waals surface area (Å²) in [6, 6.07) is 7.85. The smallest absolute Gasteiger partial charge is 0.237 e. The first kappa shape index (κ1) is 17.5. The maximum Gasteiger partial charge on any atom is 0.237 e. The molecule has 1 aromatic rings. The summed E-state index contributed by atoms with van der Waals surface area (Å²) in [5, 5.41) is 3.80. The average Bonchev–Trinajstić information content (AvgIpc) is 3.13. The van der Waals surface area contributed by atoms with Gasteiger partial charge in [-0.1, -0.05) is 11.6 Å². The number of nitrogens with one attached hydrogen (secondary N) is 1. The highest BCUT2D eigenvalue weighted by Gasteiger charge is 2.26. The second-order valence-electron chi connectivity index (χ2n) is 6.56. The molecule has 2 saturated heterocycles. The van der Waals surface area contributed by atoms with Crippen LogP contribution in [0.25, 0.3) is 0 Å². The minimum Gasteiger partial charge on any atom is -0.376 e. The number of benzene rings is 1. The van der Waals surface area contributed by atoms with Crippen LogP contribution in [-0.2, 0) is 9.53 Å². The van der Waals surface area contributed by atoms with Crippen molar-refractivity contribution in [3.8, 4) is 0 Å². The zero-order chi connectivity index (χ0) is 16.9. The molecule has 1 N–H and O–H groups in total. The molecular formula is C18H26ClN3O2. The van der Waals surface area contributed by atoms with E-state index >= 15 is 0 Å². The van der Waals surface area contributed by atoms with Gasteiger partial charge in [-0.2, -0.15) is 0 Å². The zero-order valence-corrected chi connectivity index (χ0v) is 15.0. The van der Waals surface area contributed by atoms with E-state index in [1.165, 1.54) is 5.69 Å². The predicted molar refractivity (Wildman–Crippen MR) is 96.7 cm³/mol. The highest BCUT2D eigenvalue weighted by molar-refractivity contribution is 6.30. The monoisotopic (exact) mass is 351 g/mol. The molecule has 2 aliphatic heterocycles. The Balaban J connectivity index is 1.44. The van der Waals surface area contributed by atoms with E-state index in [0.29, 0.717) is 6.54 Å². The van der Waals surface area contributed by atoms with Gasteiger partial charge in [0.1, 0.15) is 0 Å². The molecule has 3 rings (SSSR count). The number of carbonyl (C=O) groups excluding carboxylic acids is 1. The number of ether oxygens (including phenoxy) is 1. The third kappa shape index (κ3) is 4.41. The van der Waals surface area contributed by atoms with Gasteiger partial charge < -0.3 is 15.0 Å². The molecule has 0 aromatic heterocycles. The summed E-state index contributed by atoms with van der Waals surface area (Å²) in [5.74, 6) is 0.102. The van der Waals surface area contributed by atoms with Gasteiger partial charge in [-0.15, -0.1) is 0 Å². The highest BCUT2D eigenvalue weighted by Crippen LogP contribution is 2.20. The van der Waals surface area contributed by atoms with Gasteiger partial charge in [0, 0.05) is 50.0 Å². The minimum atomic E-state index is -0.0984. The van der Waals surface area contributed by atoms with Gasteiger partial charge in [0.2, 0.25) is 5.91 Å². The third-order valence-electron chi connectivity index (χ3n) is 4.96. The van der Waals surface area contributed by atoms with E-state index in [-0.39, 0.29) is 18.1 Å². The molecule has 0 bridgehead atoms. The molecule has 132 valence electrons. The number of nitrogens with zero attached hydrogens (tertiary/aromatic N) is 2. The van der Waals surface area contributed by atoms with Gasteiger partial charge >= 0.3 is 0 Å². The first-order chi connectivity index (χ1) is 11.6. The van der Waals surface area contributed by atoms with Crippen molar-refractivity contribution >= 4 is 23.2 Å². The van der Waals surface area contributed by atoms with Crippen LogP contribution < -0.4 is 10.2 Å². The van der Waals surface area contributed by atoms with Crippen LogP contribution in [0.1, 0.15) is 19.8 Å². The molecule has 1 amide bonds. The summed E-state index contributed by atoms with van der Waals surface area (Å²) in [7, 11) is 0. The van der Waals surface area contributed by atoms with Crippen molar-refractivity contribution in [2.24, 2.45) is 0 Å². The van der Waals surface area contributed by atoms with Crippen molar-refractivity contribution in [1.29, 1.82) is 0 Å². The van der Waals surface area contributed by atoms with Crippen LogP contribution in [-0.4, -0.2) is 62.3 Å². The Labute approximate surface area is 148 Å². The summed E-state index contributed by atoms with van der Waals surface area (Å²) in [6.07, 6.45) is 2.35. The maximum absolute atomic E-state index is 12.4. The molecule has 0 spiro atoms. The fraction of sp³-hybridized carbons (Fsp3) is 0.611. The third-order valence-corrected chi connectivity index (χ3v) is 5.21. The first-order valence-corrected chi connectivity index (χ1v) is 9.15. The molecule has 6 heteroatoms. The Morgan fingerprint density at radius 3 is 2.62 bits per heavy atom. The van der Waals surface area contributed by atoms with Gasteiger partial charge in [-0.05, 0) is 44.0 Å². The van der Waals surface area contributed by atoms with Crippen LogP contribution >= 0.6 is 11.6 Å². The molecule has 0 radical (unpaired) electrons. The van der Waals surface area contributed by atoms with Gasteiger partial charge in [-0.25, -0.2) is 0 Å². The van der Waals surface area contributed by atoms with Crippen LogP contribution in [0.15, 0.2) is 24.3 Å². The largest absolute Gasteiger partial charge is 0.376 e. The average molecular weight is 352 g/mol. The molecule has 0 saturated carbocycles.